The van der Waals surface area contributed by atoms with Crippen LogP contribution in [0.4, 0.5) is 0 Å². The summed E-state index contributed by atoms with van der Waals surface area (Å²) < 4.78 is 16.4. The van der Waals surface area contributed by atoms with E-state index in [4.69, 9.17) is 13.7 Å². The van der Waals surface area contributed by atoms with Crippen molar-refractivity contribution in [2.75, 3.05) is 19.8 Å². The summed E-state index contributed by atoms with van der Waals surface area (Å²) in [6.07, 6.45) is 6.18. The molecule has 0 saturated carbocycles. The third-order valence-corrected chi connectivity index (χ3v) is 5.25. The van der Waals surface area contributed by atoms with E-state index in [0.29, 0.717) is 24.0 Å². The molecule has 3 aromatic rings. The molecule has 0 aromatic carbocycles. The van der Waals surface area contributed by atoms with Crippen molar-refractivity contribution in [2.24, 2.45) is 0 Å². The summed E-state index contributed by atoms with van der Waals surface area (Å²) in [4.78, 5) is 14.8. The van der Waals surface area contributed by atoms with Crippen LogP contribution in [-0.2, 0) is 23.2 Å². The van der Waals surface area contributed by atoms with Crippen molar-refractivity contribution >= 4 is 0 Å². The van der Waals surface area contributed by atoms with Gasteiger partial charge in [0.2, 0.25) is 11.7 Å². The lowest BCUT2D eigenvalue weighted by atomic mass is 9.80. The minimum Gasteiger partial charge on any atom is -0.461 e. The standard InChI is InChI=1S/C17H19N5O3/c1-2-13(24-7-1)16-20-14(25-21-16)10-22-6-3-12-15(19-11-18-12)17(22)4-8-23-9-5-17/h1-2,7,11H,3-6,8-10H2,(H,18,19). The molecule has 130 valence electrons. The van der Waals surface area contributed by atoms with E-state index < -0.39 is 0 Å². The highest BCUT2D eigenvalue weighted by molar-refractivity contribution is 5.44. The minimum atomic E-state index is -0.120. The highest BCUT2D eigenvalue weighted by atomic mass is 16.5. The molecule has 0 atom stereocenters. The van der Waals surface area contributed by atoms with E-state index in [1.165, 1.54) is 5.69 Å². The van der Waals surface area contributed by atoms with Gasteiger partial charge in [0.05, 0.1) is 30.4 Å². The zero-order valence-electron chi connectivity index (χ0n) is 13.8. The number of ether oxygens (including phenoxy) is 1. The number of fused-ring (bicyclic) bond motifs is 2. The Bertz CT molecular complexity index is 847. The highest BCUT2D eigenvalue weighted by Crippen LogP contribution is 2.42. The fraction of sp³-hybridized carbons (Fsp3) is 0.471. The maximum atomic E-state index is 5.61. The number of hydrogen-bond donors (Lipinski definition) is 1. The number of imidazole rings is 1. The quantitative estimate of drug-likeness (QED) is 0.780. The number of nitrogens with zero attached hydrogens (tertiary/aromatic N) is 4. The van der Waals surface area contributed by atoms with Gasteiger partial charge in [0.15, 0.2) is 5.76 Å². The van der Waals surface area contributed by atoms with Crippen LogP contribution < -0.4 is 0 Å². The van der Waals surface area contributed by atoms with Crippen LogP contribution in [0.5, 0.6) is 0 Å². The van der Waals surface area contributed by atoms with Crippen LogP contribution in [0.3, 0.4) is 0 Å². The number of aromatic nitrogens is 4. The summed E-state index contributed by atoms with van der Waals surface area (Å²) >= 11 is 0. The van der Waals surface area contributed by atoms with Gasteiger partial charge < -0.3 is 18.7 Å². The normalized spacial score (nSPS) is 20.0. The van der Waals surface area contributed by atoms with Crippen LogP contribution in [0.25, 0.3) is 11.6 Å². The van der Waals surface area contributed by atoms with Crippen molar-refractivity contribution in [1.29, 1.82) is 0 Å². The Morgan fingerprint density at radius 2 is 2.20 bits per heavy atom. The third kappa shape index (κ3) is 2.40. The summed E-state index contributed by atoms with van der Waals surface area (Å²) in [6, 6.07) is 3.64. The number of rotatable bonds is 3. The summed E-state index contributed by atoms with van der Waals surface area (Å²) in [5, 5.41) is 4.04. The number of hydrogen-bond acceptors (Lipinski definition) is 7. The van der Waals surface area contributed by atoms with Gasteiger partial charge >= 0.3 is 0 Å². The molecule has 1 N–H and O–H groups in total. The lowest BCUT2D eigenvalue weighted by Gasteiger charge is -2.47. The topological polar surface area (TPSA) is 93.2 Å². The van der Waals surface area contributed by atoms with E-state index in [1.54, 1.807) is 12.6 Å². The van der Waals surface area contributed by atoms with Crippen LogP contribution in [0.15, 0.2) is 33.7 Å². The van der Waals surface area contributed by atoms with Gasteiger partial charge in [-0.1, -0.05) is 5.16 Å². The van der Waals surface area contributed by atoms with Gasteiger partial charge in [-0.3, -0.25) is 4.90 Å². The van der Waals surface area contributed by atoms with Crippen molar-refractivity contribution in [3.8, 4) is 11.6 Å². The van der Waals surface area contributed by atoms with E-state index in [9.17, 15) is 0 Å². The molecule has 0 bridgehead atoms. The van der Waals surface area contributed by atoms with Gasteiger partial charge in [-0.05, 0) is 25.0 Å². The molecule has 1 fully saturated rings. The second kappa shape index (κ2) is 5.82. The predicted molar refractivity (Wildman–Crippen MR) is 86.4 cm³/mol. The molecule has 1 spiro atoms. The molecule has 0 radical (unpaired) electrons. The van der Waals surface area contributed by atoms with Crippen LogP contribution >= 0.6 is 0 Å². The van der Waals surface area contributed by atoms with Gasteiger partial charge in [-0.2, -0.15) is 4.98 Å². The zero-order valence-corrected chi connectivity index (χ0v) is 13.8. The van der Waals surface area contributed by atoms with Crippen molar-refractivity contribution in [3.63, 3.8) is 0 Å². The summed E-state index contributed by atoms with van der Waals surface area (Å²) in [5.41, 5.74) is 2.26. The monoisotopic (exact) mass is 341 g/mol. The van der Waals surface area contributed by atoms with E-state index in [0.717, 1.165) is 44.7 Å². The Morgan fingerprint density at radius 3 is 3.04 bits per heavy atom. The average Bonchev–Trinajstić information content (AvgIpc) is 3.39. The van der Waals surface area contributed by atoms with Crippen molar-refractivity contribution in [3.05, 3.63) is 42.0 Å². The van der Waals surface area contributed by atoms with E-state index in [-0.39, 0.29) is 5.54 Å². The fourth-order valence-corrected chi connectivity index (χ4v) is 4.00. The molecule has 1 saturated heterocycles. The number of furan rings is 1. The zero-order chi connectivity index (χ0) is 16.7. The Kier molecular flexibility index (Phi) is 3.46. The first-order valence-electron chi connectivity index (χ1n) is 8.57. The van der Waals surface area contributed by atoms with Gasteiger partial charge in [-0.25, -0.2) is 4.98 Å². The maximum absolute atomic E-state index is 5.61. The first kappa shape index (κ1) is 14.9. The summed E-state index contributed by atoms with van der Waals surface area (Å²) in [6.45, 7) is 3.00. The lowest BCUT2D eigenvalue weighted by Crippen LogP contribution is -2.53. The third-order valence-electron chi connectivity index (χ3n) is 5.25. The number of H-pyrrole nitrogens is 1. The highest BCUT2D eigenvalue weighted by Gasteiger charge is 2.46. The van der Waals surface area contributed by atoms with Gasteiger partial charge in [0.1, 0.15) is 0 Å². The molecular weight excluding hydrogens is 322 g/mol. The second-order valence-corrected chi connectivity index (χ2v) is 6.53. The molecule has 5 heterocycles. The Labute approximate surface area is 144 Å². The molecule has 8 nitrogen and oxygen atoms in total. The van der Waals surface area contributed by atoms with Crippen LogP contribution in [-0.4, -0.2) is 44.8 Å². The molecule has 0 aliphatic carbocycles. The smallest absolute Gasteiger partial charge is 0.241 e. The van der Waals surface area contributed by atoms with E-state index >= 15 is 0 Å². The average molecular weight is 341 g/mol. The molecule has 3 aromatic heterocycles. The van der Waals surface area contributed by atoms with Crippen molar-refractivity contribution in [2.45, 2.75) is 31.3 Å². The first-order valence-corrected chi connectivity index (χ1v) is 8.57. The van der Waals surface area contributed by atoms with Gasteiger partial charge in [-0.15, -0.1) is 0 Å². The number of nitrogens with one attached hydrogen (secondary N) is 1. The maximum Gasteiger partial charge on any atom is 0.241 e. The Morgan fingerprint density at radius 1 is 1.28 bits per heavy atom. The van der Waals surface area contributed by atoms with Crippen molar-refractivity contribution < 1.29 is 13.7 Å². The van der Waals surface area contributed by atoms with Gasteiger partial charge in [0, 0.05) is 31.9 Å². The van der Waals surface area contributed by atoms with E-state index in [1.807, 2.05) is 12.1 Å². The lowest BCUT2D eigenvalue weighted by molar-refractivity contribution is -0.0485. The van der Waals surface area contributed by atoms with Crippen molar-refractivity contribution in [1.82, 2.24) is 25.0 Å². The second-order valence-electron chi connectivity index (χ2n) is 6.53. The largest absolute Gasteiger partial charge is 0.461 e. The first-order chi connectivity index (χ1) is 12.4. The van der Waals surface area contributed by atoms with E-state index in [2.05, 4.69) is 25.0 Å². The molecule has 0 unspecified atom stereocenters. The molecule has 5 rings (SSSR count). The molecule has 2 aliphatic heterocycles. The molecule has 0 amide bonds. The molecule has 8 heteroatoms. The fourth-order valence-electron chi connectivity index (χ4n) is 4.00. The number of aromatic amines is 1. The Hall–Kier alpha value is -2.45. The molecular formula is C17H19N5O3. The summed E-state index contributed by atoms with van der Waals surface area (Å²) in [7, 11) is 0. The van der Waals surface area contributed by atoms with Crippen LogP contribution in [0.1, 0.15) is 30.1 Å². The SMILES string of the molecule is c1coc(-c2noc(CN3CCc4[nH]cnc4C34CCOCC4)n2)c1. The predicted octanol–water partition coefficient (Wildman–Crippen LogP) is 2.12. The van der Waals surface area contributed by atoms with Crippen LogP contribution in [0, 0.1) is 0 Å². The molecule has 25 heavy (non-hydrogen) atoms. The molecule has 2 aliphatic rings. The Balaban J connectivity index is 1.45. The summed E-state index contributed by atoms with van der Waals surface area (Å²) in [5.74, 6) is 1.69. The van der Waals surface area contributed by atoms with Gasteiger partial charge in [0.25, 0.3) is 0 Å². The van der Waals surface area contributed by atoms with Crippen LogP contribution in [0.2, 0.25) is 0 Å². The minimum absolute atomic E-state index is 0.120.